The average Bonchev–Trinajstić information content (AvgIpc) is 2.97. The van der Waals surface area contributed by atoms with Crippen LogP contribution in [0.1, 0.15) is 31.7 Å². The summed E-state index contributed by atoms with van der Waals surface area (Å²) in [5.74, 6) is 1.65. The number of halogens is 1. The van der Waals surface area contributed by atoms with Gasteiger partial charge in [0.25, 0.3) is 0 Å². The van der Waals surface area contributed by atoms with E-state index in [9.17, 15) is 0 Å². The second-order valence-corrected chi connectivity index (χ2v) is 7.65. The summed E-state index contributed by atoms with van der Waals surface area (Å²) in [7, 11) is 6.14. The van der Waals surface area contributed by atoms with Crippen molar-refractivity contribution < 1.29 is 0 Å². The fraction of sp³-hybridized carbons (Fsp3) is 0.632. The Morgan fingerprint density at radius 3 is 2.54 bits per heavy atom. The average molecular weight is 444 g/mol. The molecule has 1 aliphatic rings. The molecule has 0 saturated carbocycles. The molecule has 1 aromatic rings. The Labute approximate surface area is 164 Å². The molecule has 1 heterocycles. The van der Waals surface area contributed by atoms with Gasteiger partial charge in [0.05, 0.1) is 0 Å². The van der Waals surface area contributed by atoms with Crippen molar-refractivity contribution in [2.24, 2.45) is 10.4 Å². The number of hydrogen-bond donors (Lipinski definition) is 1. The number of aliphatic imine (C=N–C) groups is 1. The number of nitrogens with zero attached hydrogens (tertiary/aromatic N) is 3. The van der Waals surface area contributed by atoms with Gasteiger partial charge < -0.3 is 15.1 Å². The zero-order valence-electron chi connectivity index (χ0n) is 15.7. The van der Waals surface area contributed by atoms with Crippen LogP contribution in [0.2, 0.25) is 0 Å². The number of hydrogen-bond acceptors (Lipinski definition) is 2. The van der Waals surface area contributed by atoms with E-state index >= 15 is 0 Å². The number of guanidine groups is 1. The van der Waals surface area contributed by atoms with Gasteiger partial charge in [-0.1, -0.05) is 44.2 Å². The molecule has 24 heavy (non-hydrogen) atoms. The monoisotopic (exact) mass is 444 g/mol. The van der Waals surface area contributed by atoms with Crippen molar-refractivity contribution in [2.75, 3.05) is 47.3 Å². The van der Waals surface area contributed by atoms with Crippen LogP contribution in [0.3, 0.4) is 0 Å². The Kier molecular flexibility index (Phi) is 8.50. The van der Waals surface area contributed by atoms with E-state index in [1.165, 1.54) is 12.0 Å². The molecule has 0 amide bonds. The quantitative estimate of drug-likeness (QED) is 0.430. The molecule has 4 nitrogen and oxygen atoms in total. The van der Waals surface area contributed by atoms with Crippen LogP contribution in [0.25, 0.3) is 0 Å². The maximum Gasteiger partial charge on any atom is 0.193 e. The molecule has 0 spiro atoms. The Hall–Kier alpha value is -0.820. The molecule has 1 aliphatic heterocycles. The summed E-state index contributed by atoms with van der Waals surface area (Å²) >= 11 is 0. The van der Waals surface area contributed by atoms with Crippen molar-refractivity contribution in [1.82, 2.24) is 15.1 Å². The first-order valence-electron chi connectivity index (χ1n) is 8.56. The Balaban J connectivity index is 0.00000288. The van der Waals surface area contributed by atoms with Gasteiger partial charge >= 0.3 is 0 Å². The highest BCUT2D eigenvalue weighted by atomic mass is 127. The molecule has 136 valence electrons. The molecule has 2 rings (SSSR count). The Morgan fingerprint density at radius 2 is 1.96 bits per heavy atom. The molecule has 1 atom stereocenters. The molecule has 0 aromatic heterocycles. The molecule has 0 bridgehead atoms. The SMILES string of the molecule is CN=C(NCC(C)(C)CN(C)C)N1CCC(c2ccccc2)C1.I. The van der Waals surface area contributed by atoms with Crippen LogP contribution in [-0.2, 0) is 0 Å². The molecule has 5 heteroatoms. The number of likely N-dealkylation sites (tertiary alicyclic amines) is 1. The lowest BCUT2D eigenvalue weighted by molar-refractivity contribution is 0.239. The van der Waals surface area contributed by atoms with Gasteiger partial charge in [0.2, 0.25) is 0 Å². The van der Waals surface area contributed by atoms with Crippen molar-refractivity contribution in [3.63, 3.8) is 0 Å². The standard InChI is InChI=1S/C19H32N4.HI/c1-19(2,15-22(4)5)14-21-18(20-3)23-12-11-17(13-23)16-9-7-6-8-10-16;/h6-10,17H,11-15H2,1-5H3,(H,20,21);1H. The van der Waals surface area contributed by atoms with Crippen LogP contribution >= 0.6 is 24.0 Å². The summed E-state index contributed by atoms with van der Waals surface area (Å²) < 4.78 is 0. The molecule has 1 aromatic carbocycles. The smallest absolute Gasteiger partial charge is 0.193 e. The molecule has 1 unspecified atom stereocenters. The first-order chi connectivity index (χ1) is 10.9. The fourth-order valence-corrected chi connectivity index (χ4v) is 3.51. The van der Waals surface area contributed by atoms with Crippen molar-refractivity contribution in [3.8, 4) is 0 Å². The van der Waals surface area contributed by atoms with E-state index in [4.69, 9.17) is 0 Å². The third kappa shape index (κ3) is 6.24. The van der Waals surface area contributed by atoms with E-state index in [0.717, 1.165) is 32.1 Å². The van der Waals surface area contributed by atoms with Gasteiger partial charge in [0.1, 0.15) is 0 Å². The summed E-state index contributed by atoms with van der Waals surface area (Å²) in [5, 5.41) is 3.58. The molecule has 0 radical (unpaired) electrons. The van der Waals surface area contributed by atoms with Gasteiger partial charge in [0.15, 0.2) is 5.96 Å². The minimum atomic E-state index is 0. The van der Waals surface area contributed by atoms with E-state index in [1.54, 1.807) is 0 Å². The largest absolute Gasteiger partial charge is 0.356 e. The van der Waals surface area contributed by atoms with E-state index in [-0.39, 0.29) is 29.4 Å². The fourth-order valence-electron chi connectivity index (χ4n) is 3.51. The molecular weight excluding hydrogens is 411 g/mol. The van der Waals surface area contributed by atoms with Gasteiger partial charge in [-0.3, -0.25) is 4.99 Å². The first kappa shape index (κ1) is 21.2. The normalized spacial score (nSPS) is 18.7. The van der Waals surface area contributed by atoms with Gasteiger partial charge in [0, 0.05) is 39.1 Å². The van der Waals surface area contributed by atoms with Crippen LogP contribution in [0.15, 0.2) is 35.3 Å². The van der Waals surface area contributed by atoms with Crippen LogP contribution < -0.4 is 5.32 Å². The number of benzene rings is 1. The topological polar surface area (TPSA) is 30.9 Å². The maximum absolute atomic E-state index is 4.50. The third-order valence-corrected chi connectivity index (χ3v) is 4.44. The van der Waals surface area contributed by atoms with E-state index in [2.05, 4.69) is 78.4 Å². The van der Waals surface area contributed by atoms with Crippen molar-refractivity contribution in [3.05, 3.63) is 35.9 Å². The highest BCUT2D eigenvalue weighted by Crippen LogP contribution is 2.27. The number of rotatable bonds is 5. The van der Waals surface area contributed by atoms with Gasteiger partial charge in [-0.05, 0) is 31.5 Å². The lowest BCUT2D eigenvalue weighted by atomic mass is 9.93. The second kappa shape index (κ2) is 9.61. The first-order valence-corrected chi connectivity index (χ1v) is 8.56. The van der Waals surface area contributed by atoms with Gasteiger partial charge in [-0.15, -0.1) is 24.0 Å². The predicted molar refractivity (Wildman–Crippen MR) is 114 cm³/mol. The molecular formula is C19H33IN4. The van der Waals surface area contributed by atoms with E-state index < -0.39 is 0 Å². The zero-order chi connectivity index (χ0) is 16.9. The minimum Gasteiger partial charge on any atom is -0.356 e. The third-order valence-electron chi connectivity index (χ3n) is 4.44. The van der Waals surface area contributed by atoms with Crippen molar-refractivity contribution in [1.29, 1.82) is 0 Å². The lowest BCUT2D eigenvalue weighted by Gasteiger charge is -2.31. The highest BCUT2D eigenvalue weighted by molar-refractivity contribution is 14.0. The maximum atomic E-state index is 4.50. The van der Waals surface area contributed by atoms with Crippen LogP contribution in [-0.4, -0.2) is 63.1 Å². The van der Waals surface area contributed by atoms with Crippen LogP contribution in [0, 0.1) is 5.41 Å². The molecule has 0 aliphatic carbocycles. The molecule has 1 N–H and O–H groups in total. The number of nitrogens with one attached hydrogen (secondary N) is 1. The summed E-state index contributed by atoms with van der Waals surface area (Å²) in [6.45, 7) is 8.72. The van der Waals surface area contributed by atoms with E-state index in [1.807, 2.05) is 7.05 Å². The summed E-state index contributed by atoms with van der Waals surface area (Å²) in [4.78, 5) is 9.13. The Morgan fingerprint density at radius 1 is 1.29 bits per heavy atom. The van der Waals surface area contributed by atoms with Crippen LogP contribution in [0.4, 0.5) is 0 Å². The summed E-state index contributed by atoms with van der Waals surface area (Å²) in [5.41, 5.74) is 1.66. The zero-order valence-corrected chi connectivity index (χ0v) is 18.1. The highest BCUT2D eigenvalue weighted by Gasteiger charge is 2.27. The van der Waals surface area contributed by atoms with Crippen molar-refractivity contribution in [2.45, 2.75) is 26.2 Å². The van der Waals surface area contributed by atoms with Gasteiger partial charge in [-0.25, -0.2) is 0 Å². The van der Waals surface area contributed by atoms with E-state index in [0.29, 0.717) is 5.92 Å². The van der Waals surface area contributed by atoms with Gasteiger partial charge in [-0.2, -0.15) is 0 Å². The minimum absolute atomic E-state index is 0. The summed E-state index contributed by atoms with van der Waals surface area (Å²) in [6.07, 6.45) is 1.20. The summed E-state index contributed by atoms with van der Waals surface area (Å²) in [6, 6.07) is 10.8. The second-order valence-electron chi connectivity index (χ2n) is 7.65. The van der Waals surface area contributed by atoms with Crippen LogP contribution in [0.5, 0.6) is 0 Å². The molecule has 1 saturated heterocycles. The lowest BCUT2D eigenvalue weighted by Crippen LogP contribution is -2.46. The molecule has 1 fully saturated rings. The predicted octanol–water partition coefficient (Wildman–Crippen LogP) is 3.26. The van der Waals surface area contributed by atoms with Crippen molar-refractivity contribution >= 4 is 29.9 Å². The Bertz CT molecular complexity index is 513.